The average molecular weight is 404 g/mol. The second-order valence-electron chi connectivity index (χ2n) is 7.39. The molecule has 0 aromatic heterocycles. The molecule has 0 saturated heterocycles. The third kappa shape index (κ3) is 23.7. The topological polar surface area (TPSA) is 49.3 Å². The van der Waals surface area contributed by atoms with Gasteiger partial charge in [-0.05, 0) is 12.8 Å². The van der Waals surface area contributed by atoms with E-state index in [1.54, 1.807) is 0 Å². The lowest BCUT2D eigenvalue weighted by Crippen LogP contribution is -2.17. The number of aliphatic carboxylic acids is 1. The molecule has 0 amide bonds. The zero-order chi connectivity index (χ0) is 19.3. The Morgan fingerprint density at radius 3 is 1.27 bits per heavy atom. The Morgan fingerprint density at radius 2 is 0.962 bits per heavy atom. The van der Waals surface area contributed by atoms with E-state index in [2.05, 4.69) is 17.9 Å². The average Bonchev–Trinajstić information content (AvgIpc) is 2.59. The number of unbranched alkanes of at least 4 members (excludes halogenated alkanes) is 16. The van der Waals surface area contributed by atoms with Crippen molar-refractivity contribution in [3.8, 4) is 0 Å². The molecule has 0 aliphatic carbocycles. The van der Waals surface area contributed by atoms with Crippen LogP contribution in [0.3, 0.4) is 0 Å². The van der Waals surface area contributed by atoms with Crippen molar-refractivity contribution in [3.63, 3.8) is 0 Å². The van der Waals surface area contributed by atoms with Crippen LogP contribution in [0.25, 0.3) is 0 Å². The van der Waals surface area contributed by atoms with Gasteiger partial charge in [-0.25, -0.2) is 0 Å². The first kappa shape index (κ1) is 25.7. The molecule has 0 heterocycles. The van der Waals surface area contributed by atoms with Crippen LogP contribution < -0.4 is 5.32 Å². The minimum atomic E-state index is -0.659. The number of thiol groups is 1. The van der Waals surface area contributed by atoms with E-state index in [4.69, 9.17) is 17.3 Å². The molecule has 5 heteroatoms. The van der Waals surface area contributed by atoms with Crippen molar-refractivity contribution in [2.45, 2.75) is 116 Å². The van der Waals surface area contributed by atoms with Crippen molar-refractivity contribution in [2.24, 2.45) is 0 Å². The van der Waals surface area contributed by atoms with E-state index in [1.807, 2.05) is 0 Å². The van der Waals surface area contributed by atoms with Gasteiger partial charge in [0.05, 0.1) is 0 Å². The predicted molar refractivity (Wildman–Crippen MR) is 120 cm³/mol. The quantitative estimate of drug-likeness (QED) is 0.118. The highest BCUT2D eigenvalue weighted by Gasteiger charge is 1.97. The number of hydrogen-bond acceptors (Lipinski definition) is 2. The zero-order valence-electron chi connectivity index (χ0n) is 16.6. The van der Waals surface area contributed by atoms with Gasteiger partial charge < -0.3 is 10.4 Å². The van der Waals surface area contributed by atoms with Crippen LogP contribution in [0.1, 0.15) is 116 Å². The van der Waals surface area contributed by atoms with Gasteiger partial charge in [0.25, 0.3) is 0 Å². The van der Waals surface area contributed by atoms with E-state index in [0.717, 1.165) is 19.4 Å². The van der Waals surface area contributed by atoms with E-state index in [1.165, 1.54) is 96.3 Å². The molecule has 0 aromatic carbocycles. The number of thiocarbonyl (C=S) groups is 1. The molecule has 0 rings (SSSR count). The predicted octanol–water partition coefficient (Wildman–Crippen LogP) is 6.90. The SMILES string of the molecule is O=C(O)CCCCCCCCCCCCCCCCCCCNC(=S)S. The van der Waals surface area contributed by atoms with Gasteiger partial charge in [0.1, 0.15) is 4.32 Å². The smallest absolute Gasteiger partial charge is 0.303 e. The van der Waals surface area contributed by atoms with Crippen LogP contribution in [0.4, 0.5) is 0 Å². The lowest BCUT2D eigenvalue weighted by Gasteiger charge is -2.04. The first-order valence-electron chi connectivity index (χ1n) is 10.8. The second-order valence-corrected chi connectivity index (χ2v) is 8.54. The molecule has 0 atom stereocenters. The molecule has 0 radical (unpaired) electrons. The first-order chi connectivity index (χ1) is 12.6. The Kier molecular flexibility index (Phi) is 20.8. The molecular weight excluding hydrogens is 362 g/mol. The van der Waals surface area contributed by atoms with Crippen molar-refractivity contribution >= 4 is 35.1 Å². The lowest BCUT2D eigenvalue weighted by molar-refractivity contribution is -0.137. The Morgan fingerprint density at radius 1 is 0.654 bits per heavy atom. The molecule has 0 aliphatic heterocycles. The summed E-state index contributed by atoms with van der Waals surface area (Å²) < 4.78 is 0.609. The highest BCUT2D eigenvalue weighted by Crippen LogP contribution is 2.14. The summed E-state index contributed by atoms with van der Waals surface area (Å²) in [4.78, 5) is 10.4. The maximum atomic E-state index is 10.4. The summed E-state index contributed by atoms with van der Waals surface area (Å²) in [7, 11) is 0. The van der Waals surface area contributed by atoms with Gasteiger partial charge in [-0.15, -0.1) is 12.6 Å². The first-order valence-corrected chi connectivity index (χ1v) is 11.7. The third-order valence-corrected chi connectivity index (χ3v) is 5.15. The van der Waals surface area contributed by atoms with Crippen molar-refractivity contribution in [2.75, 3.05) is 6.54 Å². The maximum absolute atomic E-state index is 10.4. The summed E-state index contributed by atoms with van der Waals surface area (Å²) >= 11 is 8.90. The third-order valence-electron chi connectivity index (χ3n) is 4.84. The fourth-order valence-electron chi connectivity index (χ4n) is 3.25. The maximum Gasteiger partial charge on any atom is 0.303 e. The fraction of sp³-hybridized carbons (Fsp3) is 0.905. The largest absolute Gasteiger partial charge is 0.481 e. The van der Waals surface area contributed by atoms with Crippen LogP contribution in [-0.2, 0) is 4.79 Å². The molecule has 0 bridgehead atoms. The van der Waals surface area contributed by atoms with Crippen molar-refractivity contribution in [3.05, 3.63) is 0 Å². The summed E-state index contributed by atoms with van der Waals surface area (Å²) in [5.41, 5.74) is 0. The Hall–Kier alpha value is -0.290. The van der Waals surface area contributed by atoms with Crippen LogP contribution in [0, 0.1) is 0 Å². The van der Waals surface area contributed by atoms with Gasteiger partial charge in [0.2, 0.25) is 0 Å². The Labute approximate surface area is 172 Å². The van der Waals surface area contributed by atoms with Gasteiger partial charge in [0, 0.05) is 13.0 Å². The Balaban J connectivity index is 3.01. The van der Waals surface area contributed by atoms with Crippen LogP contribution in [0.5, 0.6) is 0 Å². The number of hydrogen-bond donors (Lipinski definition) is 3. The number of carboxylic acids is 1. The highest BCUT2D eigenvalue weighted by atomic mass is 32.1. The van der Waals surface area contributed by atoms with Crippen LogP contribution in [0.15, 0.2) is 0 Å². The second kappa shape index (κ2) is 21.0. The lowest BCUT2D eigenvalue weighted by atomic mass is 10.0. The van der Waals surface area contributed by atoms with E-state index in [9.17, 15) is 4.79 Å². The van der Waals surface area contributed by atoms with Gasteiger partial charge in [-0.2, -0.15) is 0 Å². The number of nitrogens with one attached hydrogen (secondary N) is 1. The van der Waals surface area contributed by atoms with Crippen LogP contribution in [-0.4, -0.2) is 21.9 Å². The monoisotopic (exact) mass is 403 g/mol. The van der Waals surface area contributed by atoms with Crippen molar-refractivity contribution in [1.29, 1.82) is 0 Å². The molecule has 2 N–H and O–H groups in total. The molecule has 26 heavy (non-hydrogen) atoms. The van der Waals surface area contributed by atoms with Crippen molar-refractivity contribution < 1.29 is 9.90 Å². The van der Waals surface area contributed by atoms with E-state index < -0.39 is 5.97 Å². The molecule has 0 spiro atoms. The van der Waals surface area contributed by atoms with Gasteiger partial charge >= 0.3 is 5.97 Å². The van der Waals surface area contributed by atoms with Gasteiger partial charge in [0.15, 0.2) is 0 Å². The molecule has 0 unspecified atom stereocenters. The molecule has 0 aliphatic rings. The zero-order valence-corrected chi connectivity index (χ0v) is 18.4. The molecule has 154 valence electrons. The molecule has 0 aromatic rings. The van der Waals surface area contributed by atoms with Gasteiger partial charge in [-0.1, -0.05) is 109 Å². The number of carboxylic acid groups (broad SMARTS) is 1. The molecule has 0 saturated carbocycles. The van der Waals surface area contributed by atoms with Crippen molar-refractivity contribution in [1.82, 2.24) is 5.32 Å². The number of rotatable bonds is 20. The number of carbonyl (C=O) groups is 1. The van der Waals surface area contributed by atoms with E-state index in [0.29, 0.717) is 10.7 Å². The van der Waals surface area contributed by atoms with E-state index in [-0.39, 0.29) is 0 Å². The molecule has 0 fully saturated rings. The summed E-state index contributed by atoms with van der Waals surface area (Å²) in [6.07, 6.45) is 22.4. The standard InChI is InChI=1S/C21H41NO2S2/c23-20(24)18-16-14-12-10-8-6-4-2-1-3-5-7-9-11-13-15-17-19-22-21(25)26/h1-19H2,(H,23,24)(H2,22,25,26). The summed E-state index contributed by atoms with van der Waals surface area (Å²) in [6, 6.07) is 0. The fourth-order valence-corrected chi connectivity index (χ4v) is 3.46. The van der Waals surface area contributed by atoms with E-state index >= 15 is 0 Å². The molecule has 3 nitrogen and oxygen atoms in total. The minimum Gasteiger partial charge on any atom is -0.481 e. The minimum absolute atomic E-state index is 0.336. The summed E-state index contributed by atoms with van der Waals surface area (Å²) in [5, 5.41) is 11.6. The van der Waals surface area contributed by atoms with Crippen LogP contribution >= 0.6 is 24.8 Å². The van der Waals surface area contributed by atoms with Crippen LogP contribution in [0.2, 0.25) is 0 Å². The Bertz CT molecular complexity index is 306. The highest BCUT2D eigenvalue weighted by molar-refractivity contribution is 8.11. The normalized spacial score (nSPS) is 10.8. The molecular formula is C21H41NO2S2. The summed E-state index contributed by atoms with van der Waals surface area (Å²) in [6.45, 7) is 0.965. The summed E-state index contributed by atoms with van der Waals surface area (Å²) in [5.74, 6) is -0.659. The van der Waals surface area contributed by atoms with Gasteiger partial charge in [-0.3, -0.25) is 4.79 Å².